The summed E-state index contributed by atoms with van der Waals surface area (Å²) in [6, 6.07) is 11.1. The summed E-state index contributed by atoms with van der Waals surface area (Å²) in [6.07, 6.45) is -5.23. The predicted molar refractivity (Wildman–Crippen MR) is 107 cm³/mol. The number of halogens is 3. The molecular formula is C20H18F3N3O3S. The molecule has 0 fully saturated rings. The highest BCUT2D eigenvalue weighted by atomic mass is 32.1. The molecule has 10 heteroatoms. The Morgan fingerprint density at radius 3 is 2.30 bits per heavy atom. The van der Waals surface area contributed by atoms with E-state index in [2.05, 4.69) is 15.0 Å². The van der Waals surface area contributed by atoms with Crippen molar-refractivity contribution in [1.29, 1.82) is 0 Å². The van der Waals surface area contributed by atoms with Crippen LogP contribution in [0.25, 0.3) is 10.2 Å². The third-order valence-electron chi connectivity index (χ3n) is 4.45. The van der Waals surface area contributed by atoms with E-state index in [1.807, 2.05) is 0 Å². The maximum atomic E-state index is 14.2. The van der Waals surface area contributed by atoms with Crippen LogP contribution >= 0.6 is 11.3 Å². The molecule has 0 unspecified atom stereocenters. The van der Waals surface area contributed by atoms with Crippen LogP contribution in [-0.2, 0) is 9.53 Å². The van der Waals surface area contributed by atoms with Gasteiger partial charge in [-0.05, 0) is 37.6 Å². The molecule has 0 saturated carbocycles. The number of thiazole rings is 1. The number of hydrogen-bond donors (Lipinski definition) is 2. The minimum Gasteiger partial charge on any atom is -0.466 e. The summed E-state index contributed by atoms with van der Waals surface area (Å²) in [5.74, 6) is -2.81. The van der Waals surface area contributed by atoms with Crippen LogP contribution in [-0.4, -0.2) is 35.8 Å². The summed E-state index contributed by atoms with van der Waals surface area (Å²) < 4.78 is 47.6. The van der Waals surface area contributed by atoms with Gasteiger partial charge in [0.1, 0.15) is 0 Å². The number of alkyl halides is 3. The van der Waals surface area contributed by atoms with E-state index in [9.17, 15) is 22.8 Å². The van der Waals surface area contributed by atoms with Gasteiger partial charge >= 0.3 is 17.8 Å². The van der Waals surface area contributed by atoms with Crippen molar-refractivity contribution in [3.8, 4) is 0 Å². The molecule has 3 rings (SSSR count). The first-order valence-electron chi connectivity index (χ1n) is 8.76. The second kappa shape index (κ2) is 7.94. The molecule has 1 heterocycles. The number of rotatable bonds is 5. The number of nitrogens with zero attached hydrogens (tertiary/aromatic N) is 1. The lowest BCUT2D eigenvalue weighted by atomic mass is 10.1. The van der Waals surface area contributed by atoms with Crippen molar-refractivity contribution in [3.63, 3.8) is 0 Å². The van der Waals surface area contributed by atoms with E-state index >= 15 is 0 Å². The largest absolute Gasteiger partial charge is 0.466 e. The van der Waals surface area contributed by atoms with E-state index in [0.717, 1.165) is 29.6 Å². The lowest BCUT2D eigenvalue weighted by molar-refractivity contribution is -0.203. The smallest absolute Gasteiger partial charge is 0.442 e. The van der Waals surface area contributed by atoms with Crippen LogP contribution in [0.3, 0.4) is 0 Å². The molecule has 0 aliphatic heterocycles. The molecule has 2 N–H and O–H groups in total. The number of fused-ring (bicyclic) bond motifs is 1. The molecule has 3 aromatic rings. The van der Waals surface area contributed by atoms with Gasteiger partial charge in [0.05, 0.1) is 17.3 Å². The number of esters is 1. The van der Waals surface area contributed by atoms with E-state index in [1.165, 1.54) is 12.1 Å². The normalized spacial score (nSPS) is 13.5. The lowest BCUT2D eigenvalue weighted by Gasteiger charge is -2.34. The molecule has 1 atom stereocenters. The molecule has 0 saturated heterocycles. The number of hydrogen-bond acceptors (Lipinski definition) is 6. The fourth-order valence-corrected chi connectivity index (χ4v) is 3.79. The second-order valence-corrected chi connectivity index (χ2v) is 7.66. The van der Waals surface area contributed by atoms with Crippen molar-refractivity contribution >= 4 is 38.6 Å². The van der Waals surface area contributed by atoms with Crippen molar-refractivity contribution in [2.75, 3.05) is 12.4 Å². The Bertz CT molecular complexity index is 1100. The first-order valence-corrected chi connectivity index (χ1v) is 9.57. The van der Waals surface area contributed by atoms with Crippen LogP contribution in [0.15, 0.2) is 42.5 Å². The van der Waals surface area contributed by atoms with Crippen molar-refractivity contribution in [3.05, 3.63) is 59.2 Å². The van der Waals surface area contributed by atoms with Crippen molar-refractivity contribution < 1.29 is 27.5 Å². The van der Waals surface area contributed by atoms with Crippen LogP contribution in [0.2, 0.25) is 0 Å². The third kappa shape index (κ3) is 3.95. The van der Waals surface area contributed by atoms with Gasteiger partial charge in [0.15, 0.2) is 5.13 Å². The number of benzene rings is 2. The first kappa shape index (κ1) is 21.6. The van der Waals surface area contributed by atoms with Crippen molar-refractivity contribution in [2.24, 2.45) is 0 Å². The summed E-state index contributed by atoms with van der Waals surface area (Å²) in [6.45, 7) is 3.54. The van der Waals surface area contributed by atoms with Gasteiger partial charge in [-0.1, -0.05) is 41.2 Å². The van der Waals surface area contributed by atoms with E-state index in [1.54, 1.807) is 49.5 Å². The van der Waals surface area contributed by atoms with Crippen LogP contribution in [0.1, 0.15) is 21.5 Å². The zero-order valence-corrected chi connectivity index (χ0v) is 17.1. The Morgan fingerprint density at radius 2 is 1.73 bits per heavy atom. The molecule has 2 aromatic carbocycles. The number of ether oxygens (including phenoxy) is 1. The average Bonchev–Trinajstić information content (AvgIpc) is 3.10. The Morgan fingerprint density at radius 1 is 1.07 bits per heavy atom. The van der Waals surface area contributed by atoms with Gasteiger partial charge in [0.25, 0.3) is 5.91 Å². The van der Waals surface area contributed by atoms with Gasteiger partial charge < -0.3 is 15.4 Å². The number of nitrogens with one attached hydrogen (secondary N) is 2. The Labute approximate surface area is 174 Å². The standard InChI is InChI=1S/C20H18F3N3O3S/c1-11-7-9-13(10-8-11)16(27)25-19(17(28)29-3,20(21,22)23)26-18-24-15-12(2)5-4-6-14(15)30-18/h4-10H,1-3H3,(H,24,26)(H,25,27)/t19-/m0/s1. The molecule has 1 amide bonds. The molecule has 0 spiro atoms. The van der Waals surface area contributed by atoms with Gasteiger partial charge in [-0.2, -0.15) is 13.2 Å². The molecule has 1 aromatic heterocycles. The SMILES string of the molecule is COC(=O)[C@](NC(=O)c1ccc(C)cc1)(Nc1nc2c(C)cccc2s1)C(F)(F)F. The Kier molecular flexibility index (Phi) is 5.71. The molecule has 0 aliphatic rings. The number of amides is 1. The third-order valence-corrected chi connectivity index (χ3v) is 5.38. The number of carbonyl (C=O) groups is 2. The Hall–Kier alpha value is -3.14. The molecule has 158 valence electrons. The van der Waals surface area contributed by atoms with Gasteiger partial charge in [-0.15, -0.1) is 0 Å². The summed E-state index contributed by atoms with van der Waals surface area (Å²) in [7, 11) is 0.811. The maximum absolute atomic E-state index is 14.2. The second-order valence-electron chi connectivity index (χ2n) is 6.63. The number of anilines is 1. The summed E-state index contributed by atoms with van der Waals surface area (Å²) in [5.41, 5.74) is -1.48. The zero-order valence-electron chi connectivity index (χ0n) is 16.3. The highest BCUT2D eigenvalue weighted by Gasteiger charge is 2.64. The molecular weight excluding hydrogens is 419 g/mol. The number of carbonyl (C=O) groups excluding carboxylic acids is 2. The number of methoxy groups -OCH3 is 1. The van der Waals surface area contributed by atoms with E-state index in [0.29, 0.717) is 10.2 Å². The number of aromatic nitrogens is 1. The summed E-state index contributed by atoms with van der Waals surface area (Å²) in [5, 5.41) is 3.68. The van der Waals surface area contributed by atoms with E-state index in [-0.39, 0.29) is 10.7 Å². The van der Waals surface area contributed by atoms with Crippen LogP contribution in [0, 0.1) is 13.8 Å². The topological polar surface area (TPSA) is 80.3 Å². The average molecular weight is 437 g/mol. The quantitative estimate of drug-likeness (QED) is 0.462. The van der Waals surface area contributed by atoms with E-state index in [4.69, 9.17) is 0 Å². The van der Waals surface area contributed by atoms with Gasteiger partial charge in [0, 0.05) is 5.56 Å². The maximum Gasteiger partial charge on any atom is 0.442 e. The van der Waals surface area contributed by atoms with Crippen LogP contribution < -0.4 is 10.6 Å². The van der Waals surface area contributed by atoms with E-state index < -0.39 is 23.7 Å². The summed E-state index contributed by atoms with van der Waals surface area (Å²) >= 11 is 0.926. The minimum absolute atomic E-state index is 0.0416. The molecule has 6 nitrogen and oxygen atoms in total. The molecule has 0 aliphatic carbocycles. The number of para-hydroxylation sites is 1. The lowest BCUT2D eigenvalue weighted by Crippen LogP contribution is -2.69. The molecule has 30 heavy (non-hydrogen) atoms. The van der Waals surface area contributed by atoms with Crippen molar-refractivity contribution in [1.82, 2.24) is 10.3 Å². The van der Waals surface area contributed by atoms with Crippen LogP contribution in [0.5, 0.6) is 0 Å². The minimum atomic E-state index is -5.23. The zero-order chi connectivity index (χ0) is 22.1. The van der Waals surface area contributed by atoms with Crippen molar-refractivity contribution in [2.45, 2.75) is 25.7 Å². The van der Waals surface area contributed by atoms with Gasteiger partial charge in [-0.25, -0.2) is 9.78 Å². The van der Waals surface area contributed by atoms with Crippen LogP contribution in [0.4, 0.5) is 18.3 Å². The molecule has 0 radical (unpaired) electrons. The highest BCUT2D eigenvalue weighted by molar-refractivity contribution is 7.22. The number of aryl methyl sites for hydroxylation is 2. The Balaban J connectivity index is 2.06. The monoisotopic (exact) mass is 437 g/mol. The highest BCUT2D eigenvalue weighted by Crippen LogP contribution is 2.36. The fourth-order valence-electron chi connectivity index (χ4n) is 2.79. The summed E-state index contributed by atoms with van der Waals surface area (Å²) in [4.78, 5) is 29.1. The first-order chi connectivity index (χ1) is 14.1. The predicted octanol–water partition coefficient (Wildman–Crippen LogP) is 4.19. The van der Waals surface area contributed by atoms with Gasteiger partial charge in [0.2, 0.25) is 0 Å². The fraction of sp³-hybridized carbons (Fsp3) is 0.250. The van der Waals surface area contributed by atoms with Gasteiger partial charge in [-0.3, -0.25) is 4.79 Å². The molecule has 0 bridgehead atoms.